The fourth-order valence-corrected chi connectivity index (χ4v) is 3.53. The lowest BCUT2D eigenvalue weighted by Crippen LogP contribution is -2.04. The van der Waals surface area contributed by atoms with Crippen LogP contribution >= 0.6 is 22.9 Å². The van der Waals surface area contributed by atoms with Gasteiger partial charge in [0.25, 0.3) is 0 Å². The summed E-state index contributed by atoms with van der Waals surface area (Å²) < 4.78 is 1.61. The SMILES string of the molecule is Cc1nn(Cc2csc(-c3ccccc3Cl)n2)c(C)c1[N+](=O)[O-]. The van der Waals surface area contributed by atoms with Crippen molar-refractivity contribution in [3.8, 4) is 10.6 Å². The van der Waals surface area contributed by atoms with E-state index in [1.54, 1.807) is 18.5 Å². The molecular weight excluding hydrogens is 336 g/mol. The number of hydrogen-bond acceptors (Lipinski definition) is 5. The molecule has 3 aromatic rings. The molecule has 2 aromatic heterocycles. The van der Waals surface area contributed by atoms with Crippen molar-refractivity contribution in [1.82, 2.24) is 14.8 Å². The van der Waals surface area contributed by atoms with Crippen LogP contribution in [-0.4, -0.2) is 19.7 Å². The molecule has 1 aromatic carbocycles. The smallest absolute Gasteiger partial charge is 0.258 e. The summed E-state index contributed by atoms with van der Waals surface area (Å²) in [6.45, 7) is 3.72. The molecule has 0 fully saturated rings. The second kappa shape index (κ2) is 6.10. The van der Waals surface area contributed by atoms with Crippen LogP contribution in [0.4, 0.5) is 5.69 Å². The van der Waals surface area contributed by atoms with Crippen LogP contribution < -0.4 is 0 Å². The van der Waals surface area contributed by atoms with Crippen molar-refractivity contribution in [2.75, 3.05) is 0 Å². The quantitative estimate of drug-likeness (QED) is 0.522. The predicted octanol–water partition coefficient (Wildman–Crippen LogP) is 4.23. The number of nitro groups is 1. The largest absolute Gasteiger partial charge is 0.312 e. The van der Waals surface area contributed by atoms with Gasteiger partial charge in [-0.1, -0.05) is 29.8 Å². The van der Waals surface area contributed by atoms with Crippen molar-refractivity contribution in [3.63, 3.8) is 0 Å². The first-order valence-corrected chi connectivity index (χ1v) is 8.11. The number of hydrogen-bond donors (Lipinski definition) is 0. The van der Waals surface area contributed by atoms with Crippen molar-refractivity contribution in [1.29, 1.82) is 0 Å². The molecule has 6 nitrogen and oxygen atoms in total. The molecule has 0 atom stereocenters. The van der Waals surface area contributed by atoms with E-state index in [2.05, 4.69) is 10.1 Å². The summed E-state index contributed by atoms with van der Waals surface area (Å²) in [4.78, 5) is 15.2. The molecule has 118 valence electrons. The van der Waals surface area contributed by atoms with Crippen LogP contribution in [-0.2, 0) is 6.54 Å². The van der Waals surface area contributed by atoms with Crippen LogP contribution in [0.5, 0.6) is 0 Å². The van der Waals surface area contributed by atoms with Gasteiger partial charge >= 0.3 is 5.69 Å². The summed E-state index contributed by atoms with van der Waals surface area (Å²) in [6, 6.07) is 7.52. The summed E-state index contributed by atoms with van der Waals surface area (Å²) >= 11 is 7.68. The molecule has 23 heavy (non-hydrogen) atoms. The van der Waals surface area contributed by atoms with Crippen LogP contribution in [0.15, 0.2) is 29.6 Å². The first kappa shape index (κ1) is 15.6. The number of benzene rings is 1. The molecule has 3 rings (SSSR count). The van der Waals surface area contributed by atoms with E-state index in [1.165, 1.54) is 11.3 Å². The molecule has 0 aliphatic rings. The van der Waals surface area contributed by atoms with E-state index in [-0.39, 0.29) is 5.69 Å². The molecular formula is C15H13ClN4O2S. The molecule has 0 N–H and O–H groups in total. The van der Waals surface area contributed by atoms with E-state index >= 15 is 0 Å². The highest BCUT2D eigenvalue weighted by molar-refractivity contribution is 7.13. The second-order valence-electron chi connectivity index (χ2n) is 5.06. The Morgan fingerprint density at radius 2 is 2.09 bits per heavy atom. The number of rotatable bonds is 4. The Labute approximate surface area is 141 Å². The van der Waals surface area contributed by atoms with E-state index in [9.17, 15) is 10.1 Å². The molecule has 0 spiro atoms. The molecule has 0 aliphatic carbocycles. The topological polar surface area (TPSA) is 73.8 Å². The lowest BCUT2D eigenvalue weighted by atomic mass is 10.2. The zero-order valence-electron chi connectivity index (χ0n) is 12.5. The molecule has 0 aliphatic heterocycles. The van der Waals surface area contributed by atoms with Crippen LogP contribution in [0.25, 0.3) is 10.6 Å². The number of aryl methyl sites for hydroxylation is 1. The minimum Gasteiger partial charge on any atom is -0.258 e. The van der Waals surface area contributed by atoms with Gasteiger partial charge in [0.2, 0.25) is 0 Å². The maximum atomic E-state index is 11.1. The average molecular weight is 349 g/mol. The maximum Gasteiger partial charge on any atom is 0.312 e. The molecule has 0 radical (unpaired) electrons. The van der Waals surface area contributed by atoms with Crippen molar-refractivity contribution in [2.45, 2.75) is 20.4 Å². The highest BCUT2D eigenvalue weighted by Crippen LogP contribution is 2.30. The van der Waals surface area contributed by atoms with Gasteiger partial charge in [-0.3, -0.25) is 14.8 Å². The van der Waals surface area contributed by atoms with Gasteiger partial charge in [-0.2, -0.15) is 5.10 Å². The summed E-state index contributed by atoms with van der Waals surface area (Å²) in [5.74, 6) is 0. The molecule has 0 saturated heterocycles. The fraction of sp³-hybridized carbons (Fsp3) is 0.200. The Balaban J connectivity index is 1.90. The van der Waals surface area contributed by atoms with E-state index in [0.29, 0.717) is 23.0 Å². The Hall–Kier alpha value is -2.25. The standard InChI is InChI=1S/C15H13ClN4O2S/c1-9-14(20(21)22)10(2)19(18-9)7-11-8-23-15(17-11)12-5-3-4-6-13(12)16/h3-6,8H,7H2,1-2H3. The summed E-state index contributed by atoms with van der Waals surface area (Å²) in [5, 5.41) is 18.7. The first-order valence-electron chi connectivity index (χ1n) is 6.85. The normalized spacial score (nSPS) is 10.9. The average Bonchev–Trinajstić information content (AvgIpc) is 3.05. The van der Waals surface area contributed by atoms with Gasteiger partial charge in [0.05, 0.1) is 22.2 Å². The van der Waals surface area contributed by atoms with Crippen LogP contribution in [0.1, 0.15) is 17.1 Å². The van der Waals surface area contributed by atoms with E-state index < -0.39 is 4.92 Å². The molecule has 0 amide bonds. The number of thiazole rings is 1. The number of aromatic nitrogens is 3. The van der Waals surface area contributed by atoms with Gasteiger partial charge < -0.3 is 0 Å². The summed E-state index contributed by atoms with van der Waals surface area (Å²) in [5.41, 5.74) is 2.68. The fourth-order valence-electron chi connectivity index (χ4n) is 2.40. The zero-order valence-corrected chi connectivity index (χ0v) is 14.1. The van der Waals surface area contributed by atoms with Gasteiger partial charge in [-0.15, -0.1) is 11.3 Å². The van der Waals surface area contributed by atoms with Crippen LogP contribution in [0, 0.1) is 24.0 Å². The number of nitrogens with zero attached hydrogens (tertiary/aromatic N) is 4. The Kier molecular flexibility index (Phi) is 4.14. The van der Waals surface area contributed by atoms with E-state index in [0.717, 1.165) is 16.3 Å². The minimum absolute atomic E-state index is 0.0616. The van der Waals surface area contributed by atoms with E-state index in [1.807, 2.05) is 29.6 Å². The van der Waals surface area contributed by atoms with Crippen LogP contribution in [0.2, 0.25) is 5.02 Å². The monoisotopic (exact) mass is 348 g/mol. The first-order chi connectivity index (χ1) is 11.0. The lowest BCUT2D eigenvalue weighted by molar-refractivity contribution is -0.386. The van der Waals surface area contributed by atoms with Gasteiger partial charge in [-0.05, 0) is 19.9 Å². The Bertz CT molecular complexity index is 887. The third-order valence-corrected chi connectivity index (χ3v) is 4.75. The second-order valence-corrected chi connectivity index (χ2v) is 6.32. The van der Waals surface area contributed by atoms with Gasteiger partial charge in [0.15, 0.2) is 0 Å². The molecule has 8 heteroatoms. The molecule has 2 heterocycles. The summed E-state index contributed by atoms with van der Waals surface area (Å²) in [7, 11) is 0. The van der Waals surface area contributed by atoms with E-state index in [4.69, 9.17) is 11.6 Å². The Morgan fingerprint density at radius 1 is 1.35 bits per heavy atom. The minimum atomic E-state index is -0.398. The highest BCUT2D eigenvalue weighted by atomic mass is 35.5. The molecule has 0 bridgehead atoms. The number of halogens is 1. The Morgan fingerprint density at radius 3 is 2.74 bits per heavy atom. The third-order valence-electron chi connectivity index (χ3n) is 3.49. The van der Waals surface area contributed by atoms with Gasteiger partial charge in [0, 0.05) is 10.9 Å². The molecule has 0 unspecified atom stereocenters. The van der Waals surface area contributed by atoms with Crippen molar-refractivity contribution < 1.29 is 4.92 Å². The zero-order chi connectivity index (χ0) is 16.6. The van der Waals surface area contributed by atoms with Gasteiger partial charge in [-0.25, -0.2) is 4.98 Å². The summed E-state index contributed by atoms with van der Waals surface area (Å²) in [6.07, 6.45) is 0. The highest BCUT2D eigenvalue weighted by Gasteiger charge is 2.22. The van der Waals surface area contributed by atoms with Crippen molar-refractivity contribution >= 4 is 28.6 Å². The van der Waals surface area contributed by atoms with Gasteiger partial charge in [0.1, 0.15) is 16.4 Å². The van der Waals surface area contributed by atoms with Crippen molar-refractivity contribution in [2.24, 2.45) is 0 Å². The van der Waals surface area contributed by atoms with Crippen LogP contribution in [0.3, 0.4) is 0 Å². The third kappa shape index (κ3) is 2.97. The predicted molar refractivity (Wildman–Crippen MR) is 90.0 cm³/mol. The van der Waals surface area contributed by atoms with Crippen molar-refractivity contribution in [3.05, 3.63) is 61.9 Å². The maximum absolute atomic E-state index is 11.1. The molecule has 0 saturated carbocycles. The lowest BCUT2D eigenvalue weighted by Gasteiger charge is -2.01.